The van der Waals surface area contributed by atoms with Gasteiger partial charge in [-0.15, -0.1) is 20.4 Å². The Balaban J connectivity index is 1.34. The molecule has 0 aliphatic carbocycles. The van der Waals surface area contributed by atoms with Crippen LogP contribution >= 0.6 is 0 Å². The highest BCUT2D eigenvalue weighted by Crippen LogP contribution is 2.27. The highest BCUT2D eigenvalue weighted by molar-refractivity contribution is 5.63. The van der Waals surface area contributed by atoms with Crippen molar-refractivity contribution in [2.45, 2.75) is 52.1 Å². The van der Waals surface area contributed by atoms with Gasteiger partial charge in [0.05, 0.1) is 0 Å². The number of hydrogen-bond acceptors (Lipinski definition) is 6. The Labute approximate surface area is 181 Å². The van der Waals surface area contributed by atoms with Crippen molar-refractivity contribution in [1.29, 1.82) is 0 Å². The first-order chi connectivity index (χ1) is 15.2. The molecule has 4 aromatic rings. The molecule has 2 aromatic carbocycles. The summed E-state index contributed by atoms with van der Waals surface area (Å²) in [4.78, 5) is 0. The lowest BCUT2D eigenvalue weighted by Gasteiger charge is -2.13. The van der Waals surface area contributed by atoms with E-state index in [0.29, 0.717) is 11.8 Å². The third kappa shape index (κ3) is 4.08. The average molecular weight is 415 g/mol. The van der Waals surface area contributed by atoms with Gasteiger partial charge in [-0.3, -0.25) is 0 Å². The zero-order valence-electron chi connectivity index (χ0n) is 17.9. The van der Waals surface area contributed by atoms with Crippen molar-refractivity contribution in [1.82, 2.24) is 25.0 Å². The average Bonchev–Trinajstić information content (AvgIpc) is 3.37. The van der Waals surface area contributed by atoms with Crippen LogP contribution in [0, 0.1) is 6.92 Å². The molecule has 3 heterocycles. The summed E-state index contributed by atoms with van der Waals surface area (Å²) in [6.07, 6.45) is 4.61. The van der Waals surface area contributed by atoms with Gasteiger partial charge in [0.1, 0.15) is 11.9 Å². The minimum Gasteiger partial charge on any atom is -0.418 e. The Hall–Kier alpha value is -3.48. The van der Waals surface area contributed by atoms with Crippen molar-refractivity contribution in [3.63, 3.8) is 0 Å². The molecule has 0 unspecified atom stereocenters. The maximum atomic E-state index is 5.92. The van der Waals surface area contributed by atoms with Crippen molar-refractivity contribution in [2.75, 3.05) is 5.32 Å². The van der Waals surface area contributed by atoms with Crippen LogP contribution in [0.2, 0.25) is 0 Å². The second-order valence-corrected chi connectivity index (χ2v) is 8.16. The largest absolute Gasteiger partial charge is 0.418 e. The molecule has 0 radical (unpaired) electrons. The standard InChI is InChI=1S/C24H26N6O/c1-16-10-12-18(13-11-16)24-29-28-23(31-24)17(2)25-20-8-6-7-19(15-20)22-27-26-21-9-4-3-5-14-30(21)22/h6-8,10-13,15,17,25H,3-5,9,14H2,1-2H3/t17-/m0/s1. The quantitative estimate of drug-likeness (QED) is 0.483. The molecule has 1 aliphatic heterocycles. The Morgan fingerprint density at radius 1 is 0.935 bits per heavy atom. The summed E-state index contributed by atoms with van der Waals surface area (Å²) in [5, 5.41) is 20.8. The predicted molar refractivity (Wildman–Crippen MR) is 120 cm³/mol. The predicted octanol–water partition coefficient (Wildman–Crippen LogP) is 5.20. The number of anilines is 1. The Morgan fingerprint density at radius 3 is 2.68 bits per heavy atom. The number of aryl methyl sites for hydroxylation is 2. The first-order valence-corrected chi connectivity index (χ1v) is 10.9. The highest BCUT2D eigenvalue weighted by atomic mass is 16.4. The molecule has 158 valence electrons. The van der Waals surface area contributed by atoms with E-state index in [1.165, 1.54) is 24.8 Å². The summed E-state index contributed by atoms with van der Waals surface area (Å²) in [7, 11) is 0. The van der Waals surface area contributed by atoms with Gasteiger partial charge in [-0.25, -0.2) is 0 Å². The molecule has 1 atom stereocenters. The number of nitrogens with one attached hydrogen (secondary N) is 1. The molecule has 0 saturated heterocycles. The van der Waals surface area contributed by atoms with Crippen molar-refractivity contribution >= 4 is 5.69 Å². The zero-order valence-corrected chi connectivity index (χ0v) is 17.9. The molecule has 0 fully saturated rings. The second-order valence-electron chi connectivity index (χ2n) is 8.16. The molecular formula is C24H26N6O. The lowest BCUT2D eigenvalue weighted by molar-refractivity contribution is 0.485. The van der Waals surface area contributed by atoms with Gasteiger partial charge in [0, 0.05) is 29.8 Å². The fourth-order valence-corrected chi connectivity index (χ4v) is 3.98. The van der Waals surface area contributed by atoms with E-state index >= 15 is 0 Å². The number of fused-ring (bicyclic) bond motifs is 1. The molecule has 1 aliphatic rings. The SMILES string of the molecule is Cc1ccc(-c2nnc([C@H](C)Nc3cccc(-c4nnc5n4CCCCC5)c3)o2)cc1. The van der Waals surface area contributed by atoms with Gasteiger partial charge in [-0.05, 0) is 51.0 Å². The first kappa shape index (κ1) is 19.5. The topological polar surface area (TPSA) is 81.7 Å². The van der Waals surface area contributed by atoms with Gasteiger partial charge in [-0.2, -0.15) is 0 Å². The number of aromatic nitrogens is 5. The number of hydrogen-bond donors (Lipinski definition) is 1. The van der Waals surface area contributed by atoms with Crippen molar-refractivity contribution in [2.24, 2.45) is 0 Å². The van der Waals surface area contributed by atoms with Crippen LogP contribution in [0.1, 0.15) is 49.5 Å². The van der Waals surface area contributed by atoms with E-state index in [9.17, 15) is 0 Å². The van der Waals surface area contributed by atoms with Gasteiger partial charge >= 0.3 is 0 Å². The van der Waals surface area contributed by atoms with E-state index in [4.69, 9.17) is 4.42 Å². The maximum absolute atomic E-state index is 5.92. The fraction of sp³-hybridized carbons (Fsp3) is 0.333. The van der Waals surface area contributed by atoms with E-state index in [1.54, 1.807) is 0 Å². The summed E-state index contributed by atoms with van der Waals surface area (Å²) in [5.74, 6) is 3.11. The van der Waals surface area contributed by atoms with E-state index in [1.807, 2.05) is 43.3 Å². The zero-order chi connectivity index (χ0) is 21.2. The minimum absolute atomic E-state index is 0.127. The van der Waals surface area contributed by atoms with Gasteiger partial charge in [-0.1, -0.05) is 36.2 Å². The van der Waals surface area contributed by atoms with E-state index in [0.717, 1.165) is 41.4 Å². The van der Waals surface area contributed by atoms with E-state index in [2.05, 4.69) is 49.3 Å². The van der Waals surface area contributed by atoms with Crippen molar-refractivity contribution in [3.05, 3.63) is 65.8 Å². The molecule has 0 bridgehead atoms. The van der Waals surface area contributed by atoms with Crippen LogP contribution in [0.25, 0.3) is 22.8 Å². The smallest absolute Gasteiger partial charge is 0.247 e. The molecule has 0 amide bonds. The van der Waals surface area contributed by atoms with Gasteiger partial charge in [0.15, 0.2) is 5.82 Å². The van der Waals surface area contributed by atoms with Crippen LogP contribution in [0.15, 0.2) is 52.9 Å². The van der Waals surface area contributed by atoms with Gasteiger partial charge < -0.3 is 14.3 Å². The normalized spacial score (nSPS) is 14.6. The van der Waals surface area contributed by atoms with Crippen LogP contribution in [-0.2, 0) is 13.0 Å². The lowest BCUT2D eigenvalue weighted by Crippen LogP contribution is -2.07. The molecule has 0 saturated carbocycles. The Kier molecular flexibility index (Phi) is 5.24. The molecule has 2 aromatic heterocycles. The van der Waals surface area contributed by atoms with Crippen molar-refractivity contribution in [3.8, 4) is 22.8 Å². The molecule has 7 nitrogen and oxygen atoms in total. The summed E-state index contributed by atoms with van der Waals surface area (Å²) < 4.78 is 8.19. The van der Waals surface area contributed by atoms with Gasteiger partial charge in [0.2, 0.25) is 11.8 Å². The van der Waals surface area contributed by atoms with Crippen LogP contribution in [0.5, 0.6) is 0 Å². The van der Waals surface area contributed by atoms with E-state index < -0.39 is 0 Å². The minimum atomic E-state index is -0.127. The van der Waals surface area contributed by atoms with Crippen molar-refractivity contribution < 1.29 is 4.42 Å². The summed E-state index contributed by atoms with van der Waals surface area (Å²) in [5.41, 5.74) is 4.16. The van der Waals surface area contributed by atoms with E-state index in [-0.39, 0.29) is 6.04 Å². The molecule has 1 N–H and O–H groups in total. The molecular weight excluding hydrogens is 388 g/mol. The Morgan fingerprint density at radius 2 is 1.81 bits per heavy atom. The number of nitrogens with zero attached hydrogens (tertiary/aromatic N) is 5. The third-order valence-corrected chi connectivity index (χ3v) is 5.72. The van der Waals surface area contributed by atoms with Crippen LogP contribution in [0.4, 0.5) is 5.69 Å². The lowest BCUT2D eigenvalue weighted by atomic mass is 10.1. The summed E-state index contributed by atoms with van der Waals surface area (Å²) in [6.45, 7) is 5.05. The summed E-state index contributed by atoms with van der Waals surface area (Å²) in [6, 6.07) is 16.2. The fourth-order valence-electron chi connectivity index (χ4n) is 3.98. The van der Waals surface area contributed by atoms with Gasteiger partial charge in [0.25, 0.3) is 0 Å². The molecule has 7 heteroatoms. The third-order valence-electron chi connectivity index (χ3n) is 5.72. The van der Waals surface area contributed by atoms with Crippen LogP contribution in [0.3, 0.4) is 0 Å². The molecule has 31 heavy (non-hydrogen) atoms. The second kappa shape index (κ2) is 8.34. The monoisotopic (exact) mass is 414 g/mol. The van der Waals surface area contributed by atoms with Crippen LogP contribution < -0.4 is 5.32 Å². The van der Waals surface area contributed by atoms with Crippen LogP contribution in [-0.4, -0.2) is 25.0 Å². The molecule has 5 rings (SSSR count). The number of rotatable bonds is 5. The Bertz CT molecular complexity index is 1180. The number of benzene rings is 2. The highest BCUT2D eigenvalue weighted by Gasteiger charge is 2.18. The maximum Gasteiger partial charge on any atom is 0.247 e. The first-order valence-electron chi connectivity index (χ1n) is 10.9. The molecule has 0 spiro atoms. The summed E-state index contributed by atoms with van der Waals surface area (Å²) >= 11 is 0.